The number of aliphatic hydroxyl groups excluding tert-OH is 1. The first-order chi connectivity index (χ1) is 9.45. The van der Waals surface area contributed by atoms with E-state index >= 15 is 0 Å². The molecule has 2 aromatic rings. The summed E-state index contributed by atoms with van der Waals surface area (Å²) in [5, 5.41) is 19.2. The van der Waals surface area contributed by atoms with Crippen LogP contribution >= 0.6 is 0 Å². The lowest BCUT2D eigenvalue weighted by Crippen LogP contribution is -2.12. The van der Waals surface area contributed by atoms with E-state index in [0.717, 1.165) is 5.56 Å². The predicted octanol–water partition coefficient (Wildman–Crippen LogP) is 2.33. The molecule has 0 amide bonds. The van der Waals surface area contributed by atoms with Crippen LogP contribution in [0.1, 0.15) is 57.1 Å². The minimum absolute atomic E-state index is 0.142. The molecule has 0 aromatic carbocycles. The highest BCUT2D eigenvalue weighted by atomic mass is 16.5. The third-order valence-corrected chi connectivity index (χ3v) is 3.23. The van der Waals surface area contributed by atoms with E-state index in [0.29, 0.717) is 11.4 Å². The fourth-order valence-electron chi connectivity index (χ4n) is 2.12. The summed E-state index contributed by atoms with van der Waals surface area (Å²) in [5.74, 6) is 0.587. The SMILES string of the molecule is COc1cnn(C(C)C)c1C(O)c1cnn(C(C)C)c1. The van der Waals surface area contributed by atoms with Gasteiger partial charge in [0.1, 0.15) is 11.8 Å². The first kappa shape index (κ1) is 14.6. The summed E-state index contributed by atoms with van der Waals surface area (Å²) >= 11 is 0. The number of nitrogens with zero attached hydrogens (tertiary/aromatic N) is 4. The van der Waals surface area contributed by atoms with Gasteiger partial charge in [-0.05, 0) is 27.7 Å². The lowest BCUT2D eigenvalue weighted by atomic mass is 10.1. The van der Waals surface area contributed by atoms with Crippen LogP contribution in [0.4, 0.5) is 0 Å². The van der Waals surface area contributed by atoms with Crippen molar-refractivity contribution < 1.29 is 9.84 Å². The molecule has 6 heteroatoms. The summed E-state index contributed by atoms with van der Waals surface area (Å²) in [6.45, 7) is 8.12. The molecule has 110 valence electrons. The van der Waals surface area contributed by atoms with Crippen molar-refractivity contribution in [1.82, 2.24) is 19.6 Å². The minimum Gasteiger partial charge on any atom is -0.493 e. The van der Waals surface area contributed by atoms with Gasteiger partial charge in [0.2, 0.25) is 0 Å². The molecule has 0 saturated heterocycles. The molecule has 2 rings (SSSR count). The fraction of sp³-hybridized carbons (Fsp3) is 0.571. The summed E-state index contributed by atoms with van der Waals surface area (Å²) in [7, 11) is 1.58. The Labute approximate surface area is 119 Å². The van der Waals surface area contributed by atoms with Gasteiger partial charge >= 0.3 is 0 Å². The summed E-state index contributed by atoms with van der Waals surface area (Å²) in [6, 6.07) is 0.400. The molecule has 6 nitrogen and oxygen atoms in total. The monoisotopic (exact) mass is 278 g/mol. The highest BCUT2D eigenvalue weighted by Gasteiger charge is 2.24. The molecular formula is C14H22N4O2. The highest BCUT2D eigenvalue weighted by Crippen LogP contribution is 2.31. The van der Waals surface area contributed by atoms with E-state index in [1.54, 1.807) is 24.2 Å². The molecule has 0 aliphatic heterocycles. The first-order valence-electron chi connectivity index (χ1n) is 6.79. The summed E-state index contributed by atoms with van der Waals surface area (Å²) in [4.78, 5) is 0. The zero-order valence-electron chi connectivity index (χ0n) is 12.6. The van der Waals surface area contributed by atoms with Crippen molar-refractivity contribution in [1.29, 1.82) is 0 Å². The molecule has 0 radical (unpaired) electrons. The van der Waals surface area contributed by atoms with E-state index < -0.39 is 6.10 Å². The van der Waals surface area contributed by atoms with Gasteiger partial charge in [-0.1, -0.05) is 0 Å². The van der Waals surface area contributed by atoms with Gasteiger partial charge in [-0.2, -0.15) is 10.2 Å². The second-order valence-corrected chi connectivity index (χ2v) is 5.39. The Bertz CT molecular complexity index is 571. The fourth-order valence-corrected chi connectivity index (χ4v) is 2.12. The van der Waals surface area contributed by atoms with E-state index in [-0.39, 0.29) is 12.1 Å². The number of rotatable bonds is 5. The molecule has 0 spiro atoms. The molecule has 0 aliphatic carbocycles. The second-order valence-electron chi connectivity index (χ2n) is 5.39. The summed E-state index contributed by atoms with van der Waals surface area (Å²) in [6.07, 6.45) is 4.36. The molecule has 2 heterocycles. The third kappa shape index (κ3) is 2.56. The van der Waals surface area contributed by atoms with Crippen LogP contribution in [0.2, 0.25) is 0 Å². The van der Waals surface area contributed by atoms with Crippen LogP contribution in [0.5, 0.6) is 5.75 Å². The van der Waals surface area contributed by atoms with Crippen molar-refractivity contribution in [3.63, 3.8) is 0 Å². The minimum atomic E-state index is -0.803. The maximum Gasteiger partial charge on any atom is 0.163 e. The van der Waals surface area contributed by atoms with Gasteiger partial charge in [0.05, 0.1) is 19.5 Å². The van der Waals surface area contributed by atoms with Gasteiger partial charge in [0.25, 0.3) is 0 Å². The Balaban J connectivity index is 2.41. The van der Waals surface area contributed by atoms with Crippen LogP contribution in [0, 0.1) is 0 Å². The summed E-state index contributed by atoms with van der Waals surface area (Å²) < 4.78 is 8.90. The van der Waals surface area contributed by atoms with Gasteiger partial charge in [-0.25, -0.2) is 0 Å². The molecular weight excluding hydrogens is 256 g/mol. The standard InChI is InChI=1S/C14H22N4O2/c1-9(2)17-8-11(6-15-17)14(19)13-12(20-5)7-16-18(13)10(3)4/h6-10,14,19H,1-5H3. The molecule has 0 aliphatic rings. The maximum absolute atomic E-state index is 10.6. The zero-order valence-corrected chi connectivity index (χ0v) is 12.6. The Kier molecular flexibility index (Phi) is 4.13. The topological polar surface area (TPSA) is 65.1 Å². The summed E-state index contributed by atoms with van der Waals surface area (Å²) in [5.41, 5.74) is 1.39. The molecule has 1 N–H and O–H groups in total. The van der Waals surface area contributed by atoms with E-state index in [2.05, 4.69) is 10.2 Å². The number of hydrogen-bond acceptors (Lipinski definition) is 4. The maximum atomic E-state index is 10.6. The number of aromatic nitrogens is 4. The van der Waals surface area contributed by atoms with Crippen molar-refractivity contribution in [2.24, 2.45) is 0 Å². The quantitative estimate of drug-likeness (QED) is 0.911. The van der Waals surface area contributed by atoms with Crippen LogP contribution in [0.15, 0.2) is 18.6 Å². The average molecular weight is 278 g/mol. The van der Waals surface area contributed by atoms with Crippen LogP contribution in [0.25, 0.3) is 0 Å². The predicted molar refractivity (Wildman–Crippen MR) is 75.8 cm³/mol. The molecule has 1 atom stereocenters. The smallest absolute Gasteiger partial charge is 0.163 e. The van der Waals surface area contributed by atoms with Crippen LogP contribution in [-0.4, -0.2) is 31.8 Å². The van der Waals surface area contributed by atoms with Gasteiger partial charge < -0.3 is 9.84 Å². The number of methoxy groups -OCH3 is 1. The van der Waals surface area contributed by atoms with E-state index in [1.807, 2.05) is 38.6 Å². The van der Waals surface area contributed by atoms with E-state index in [1.165, 1.54) is 0 Å². The van der Waals surface area contributed by atoms with Gasteiger partial charge in [-0.3, -0.25) is 9.36 Å². The largest absolute Gasteiger partial charge is 0.493 e. The molecule has 0 bridgehead atoms. The molecule has 2 aromatic heterocycles. The second kappa shape index (κ2) is 5.66. The Hall–Kier alpha value is -1.82. The molecule has 1 unspecified atom stereocenters. The third-order valence-electron chi connectivity index (χ3n) is 3.23. The van der Waals surface area contributed by atoms with Crippen molar-refractivity contribution in [3.05, 3.63) is 29.8 Å². The van der Waals surface area contributed by atoms with Gasteiger partial charge in [0, 0.05) is 23.8 Å². The normalized spacial score (nSPS) is 13.2. The lowest BCUT2D eigenvalue weighted by Gasteiger charge is -2.16. The Morgan fingerprint density at radius 3 is 2.30 bits per heavy atom. The van der Waals surface area contributed by atoms with Crippen LogP contribution < -0.4 is 4.74 Å². The average Bonchev–Trinajstić information content (AvgIpc) is 3.04. The van der Waals surface area contributed by atoms with Crippen molar-refractivity contribution >= 4 is 0 Å². The van der Waals surface area contributed by atoms with Crippen molar-refractivity contribution in [2.45, 2.75) is 45.9 Å². The lowest BCUT2D eigenvalue weighted by molar-refractivity contribution is 0.199. The van der Waals surface area contributed by atoms with Crippen molar-refractivity contribution in [3.8, 4) is 5.75 Å². The number of aliphatic hydroxyl groups is 1. The van der Waals surface area contributed by atoms with Crippen LogP contribution in [0.3, 0.4) is 0 Å². The van der Waals surface area contributed by atoms with Crippen molar-refractivity contribution in [2.75, 3.05) is 7.11 Å². The Morgan fingerprint density at radius 1 is 1.10 bits per heavy atom. The Morgan fingerprint density at radius 2 is 1.80 bits per heavy atom. The highest BCUT2D eigenvalue weighted by molar-refractivity contribution is 5.33. The first-order valence-corrected chi connectivity index (χ1v) is 6.79. The van der Waals surface area contributed by atoms with Crippen LogP contribution in [-0.2, 0) is 0 Å². The molecule has 0 saturated carbocycles. The van der Waals surface area contributed by atoms with E-state index in [9.17, 15) is 5.11 Å². The molecule has 20 heavy (non-hydrogen) atoms. The van der Waals surface area contributed by atoms with Gasteiger partial charge in [0.15, 0.2) is 5.75 Å². The van der Waals surface area contributed by atoms with Gasteiger partial charge in [-0.15, -0.1) is 0 Å². The number of ether oxygens (including phenoxy) is 1. The van der Waals surface area contributed by atoms with E-state index in [4.69, 9.17) is 4.74 Å². The zero-order chi connectivity index (χ0) is 14.9. The number of hydrogen-bond donors (Lipinski definition) is 1. The molecule has 0 fully saturated rings.